The smallest absolute Gasteiger partial charge is 0.387 e. The SMILES string of the molecule is FC(F)Oc1ccc(C2=NNC(c3ccc(Cl)nc3)C2)cc1. The Bertz CT molecular complexity index is 674. The first-order valence-electron chi connectivity index (χ1n) is 6.60. The summed E-state index contributed by atoms with van der Waals surface area (Å²) in [4.78, 5) is 4.05. The average Bonchev–Trinajstić information content (AvgIpc) is 2.98. The largest absolute Gasteiger partial charge is 0.435 e. The van der Waals surface area contributed by atoms with Gasteiger partial charge in [0.1, 0.15) is 10.9 Å². The minimum atomic E-state index is -2.82. The number of ether oxygens (including phenoxy) is 1. The van der Waals surface area contributed by atoms with Crippen LogP contribution in [0.15, 0.2) is 47.7 Å². The lowest BCUT2D eigenvalue weighted by Gasteiger charge is -2.09. The summed E-state index contributed by atoms with van der Waals surface area (Å²) in [6, 6.07) is 10.1. The van der Waals surface area contributed by atoms with E-state index in [2.05, 4.69) is 20.2 Å². The van der Waals surface area contributed by atoms with E-state index >= 15 is 0 Å². The van der Waals surface area contributed by atoms with Gasteiger partial charge < -0.3 is 10.2 Å². The summed E-state index contributed by atoms with van der Waals surface area (Å²) in [5.74, 6) is 0.128. The van der Waals surface area contributed by atoms with Crippen LogP contribution in [0.5, 0.6) is 5.75 Å². The summed E-state index contributed by atoms with van der Waals surface area (Å²) in [6.07, 6.45) is 2.39. The number of pyridine rings is 1. The van der Waals surface area contributed by atoms with Gasteiger partial charge in [-0.05, 0) is 41.5 Å². The van der Waals surface area contributed by atoms with Gasteiger partial charge in [-0.3, -0.25) is 0 Å². The van der Waals surface area contributed by atoms with E-state index in [0.717, 1.165) is 16.8 Å². The molecule has 114 valence electrons. The molecule has 1 aromatic heterocycles. The highest BCUT2D eigenvalue weighted by Gasteiger charge is 2.21. The molecule has 1 aliphatic rings. The van der Waals surface area contributed by atoms with Crippen molar-refractivity contribution >= 4 is 17.3 Å². The van der Waals surface area contributed by atoms with Crippen LogP contribution in [0.1, 0.15) is 23.6 Å². The van der Waals surface area contributed by atoms with Crippen LogP contribution in [0, 0.1) is 0 Å². The molecular formula is C15H12ClF2N3O. The Balaban J connectivity index is 1.68. The first-order valence-corrected chi connectivity index (χ1v) is 6.98. The molecule has 3 rings (SSSR count). The van der Waals surface area contributed by atoms with E-state index in [4.69, 9.17) is 11.6 Å². The maximum Gasteiger partial charge on any atom is 0.387 e. The topological polar surface area (TPSA) is 46.5 Å². The second kappa shape index (κ2) is 6.27. The molecule has 1 aliphatic heterocycles. The molecule has 1 atom stereocenters. The van der Waals surface area contributed by atoms with Crippen molar-refractivity contribution in [3.8, 4) is 5.75 Å². The fourth-order valence-corrected chi connectivity index (χ4v) is 2.35. The molecule has 2 heterocycles. The number of rotatable bonds is 4. The minimum absolute atomic E-state index is 0.0248. The summed E-state index contributed by atoms with van der Waals surface area (Å²) in [7, 11) is 0. The van der Waals surface area contributed by atoms with Gasteiger partial charge in [0.05, 0.1) is 11.8 Å². The Morgan fingerprint density at radius 1 is 1.18 bits per heavy atom. The maximum atomic E-state index is 12.1. The van der Waals surface area contributed by atoms with Crippen molar-refractivity contribution in [2.24, 2.45) is 5.10 Å². The van der Waals surface area contributed by atoms with Crippen LogP contribution >= 0.6 is 11.6 Å². The molecular weight excluding hydrogens is 312 g/mol. The number of hydrogen-bond donors (Lipinski definition) is 1. The monoisotopic (exact) mass is 323 g/mol. The predicted octanol–water partition coefficient (Wildman–Crippen LogP) is 3.78. The zero-order valence-corrected chi connectivity index (χ0v) is 12.1. The van der Waals surface area contributed by atoms with Crippen molar-refractivity contribution in [2.75, 3.05) is 0 Å². The van der Waals surface area contributed by atoms with Gasteiger partial charge in [-0.1, -0.05) is 17.7 Å². The summed E-state index contributed by atoms with van der Waals surface area (Å²) in [6.45, 7) is -2.82. The molecule has 7 heteroatoms. The summed E-state index contributed by atoms with van der Waals surface area (Å²) in [5.41, 5.74) is 5.74. The van der Waals surface area contributed by atoms with E-state index in [9.17, 15) is 8.78 Å². The number of alkyl halides is 2. The van der Waals surface area contributed by atoms with Crippen LogP contribution in [-0.4, -0.2) is 17.3 Å². The van der Waals surface area contributed by atoms with Gasteiger partial charge in [-0.2, -0.15) is 13.9 Å². The second-order valence-corrected chi connectivity index (χ2v) is 5.15. The van der Waals surface area contributed by atoms with Crippen molar-refractivity contribution in [2.45, 2.75) is 19.1 Å². The van der Waals surface area contributed by atoms with Crippen LogP contribution < -0.4 is 10.2 Å². The van der Waals surface area contributed by atoms with Crippen molar-refractivity contribution in [3.63, 3.8) is 0 Å². The number of nitrogens with zero attached hydrogens (tertiary/aromatic N) is 2. The van der Waals surface area contributed by atoms with E-state index in [1.807, 2.05) is 6.07 Å². The summed E-state index contributed by atoms with van der Waals surface area (Å²) in [5, 5.41) is 4.74. The highest BCUT2D eigenvalue weighted by atomic mass is 35.5. The van der Waals surface area contributed by atoms with Crippen molar-refractivity contribution in [1.82, 2.24) is 10.4 Å². The molecule has 0 spiro atoms. The Kier molecular flexibility index (Phi) is 4.20. The van der Waals surface area contributed by atoms with Crippen LogP contribution in [0.25, 0.3) is 0 Å². The quantitative estimate of drug-likeness (QED) is 0.871. The standard InChI is InChI=1S/C15H12ClF2N3O/c16-14-6-3-10(8-19-14)13-7-12(20-21-13)9-1-4-11(5-2-9)22-15(17)18/h1-6,8,13,15,21H,7H2. The highest BCUT2D eigenvalue weighted by molar-refractivity contribution is 6.29. The number of hydrogen-bond acceptors (Lipinski definition) is 4. The predicted molar refractivity (Wildman–Crippen MR) is 79.4 cm³/mol. The van der Waals surface area contributed by atoms with Crippen LogP contribution in [0.4, 0.5) is 8.78 Å². The van der Waals surface area contributed by atoms with Crippen molar-refractivity contribution < 1.29 is 13.5 Å². The molecule has 1 unspecified atom stereocenters. The van der Waals surface area contributed by atoms with E-state index in [1.165, 1.54) is 12.1 Å². The van der Waals surface area contributed by atoms with Gasteiger partial charge in [0.2, 0.25) is 0 Å². The molecule has 0 bridgehead atoms. The van der Waals surface area contributed by atoms with Crippen molar-refractivity contribution in [3.05, 3.63) is 58.9 Å². The fourth-order valence-electron chi connectivity index (χ4n) is 2.24. The summed E-state index contributed by atoms with van der Waals surface area (Å²) >= 11 is 5.77. The van der Waals surface area contributed by atoms with Gasteiger partial charge in [-0.15, -0.1) is 0 Å². The number of hydrazone groups is 1. The number of benzene rings is 1. The Labute approximate surface area is 130 Å². The molecule has 4 nitrogen and oxygen atoms in total. The zero-order valence-electron chi connectivity index (χ0n) is 11.3. The molecule has 2 aromatic rings. The Hall–Kier alpha value is -2.21. The van der Waals surface area contributed by atoms with E-state index in [1.54, 1.807) is 24.4 Å². The molecule has 0 saturated heterocycles. The van der Waals surface area contributed by atoms with Crippen LogP contribution in [-0.2, 0) is 0 Å². The lowest BCUT2D eigenvalue weighted by atomic mass is 10.0. The molecule has 22 heavy (non-hydrogen) atoms. The Morgan fingerprint density at radius 2 is 1.95 bits per heavy atom. The fraction of sp³-hybridized carbons (Fsp3) is 0.200. The van der Waals surface area contributed by atoms with E-state index in [0.29, 0.717) is 11.6 Å². The van der Waals surface area contributed by atoms with E-state index < -0.39 is 6.61 Å². The van der Waals surface area contributed by atoms with Gasteiger partial charge in [0.15, 0.2) is 0 Å². The number of aromatic nitrogens is 1. The Morgan fingerprint density at radius 3 is 2.59 bits per heavy atom. The average molecular weight is 324 g/mol. The normalized spacial score (nSPS) is 17.3. The molecule has 0 saturated carbocycles. The van der Waals surface area contributed by atoms with Gasteiger partial charge in [0.25, 0.3) is 0 Å². The van der Waals surface area contributed by atoms with Crippen molar-refractivity contribution in [1.29, 1.82) is 0 Å². The first kappa shape index (κ1) is 14.7. The van der Waals surface area contributed by atoms with Crippen LogP contribution in [0.3, 0.4) is 0 Å². The first-order chi connectivity index (χ1) is 10.6. The molecule has 0 radical (unpaired) electrons. The molecule has 1 N–H and O–H groups in total. The molecule has 0 amide bonds. The molecule has 1 aromatic carbocycles. The zero-order chi connectivity index (χ0) is 15.5. The molecule has 0 aliphatic carbocycles. The third-order valence-electron chi connectivity index (χ3n) is 3.32. The lowest BCUT2D eigenvalue weighted by Crippen LogP contribution is -2.10. The highest BCUT2D eigenvalue weighted by Crippen LogP contribution is 2.25. The second-order valence-electron chi connectivity index (χ2n) is 4.76. The minimum Gasteiger partial charge on any atom is -0.435 e. The van der Waals surface area contributed by atoms with E-state index in [-0.39, 0.29) is 11.8 Å². The number of halogens is 3. The van der Waals surface area contributed by atoms with Crippen LogP contribution in [0.2, 0.25) is 5.15 Å². The third kappa shape index (κ3) is 3.33. The summed E-state index contributed by atoms with van der Waals surface area (Å²) < 4.78 is 28.6. The van der Waals surface area contributed by atoms with Gasteiger partial charge >= 0.3 is 6.61 Å². The van der Waals surface area contributed by atoms with Gasteiger partial charge in [-0.25, -0.2) is 4.98 Å². The molecule has 0 fully saturated rings. The third-order valence-corrected chi connectivity index (χ3v) is 3.54. The lowest BCUT2D eigenvalue weighted by molar-refractivity contribution is -0.0498. The maximum absolute atomic E-state index is 12.1. The number of nitrogens with one attached hydrogen (secondary N) is 1. The van der Waals surface area contributed by atoms with Gasteiger partial charge in [0, 0.05) is 12.6 Å².